The summed E-state index contributed by atoms with van der Waals surface area (Å²) in [4.78, 5) is 14.3. The molecule has 2 fully saturated rings. The third-order valence-electron chi connectivity index (χ3n) is 4.56. The Labute approximate surface area is 105 Å². The Morgan fingerprint density at radius 2 is 2.18 bits per heavy atom. The molecule has 1 N–H and O–H groups in total. The normalized spacial score (nSPS) is 28.5. The molecule has 1 saturated carbocycles. The summed E-state index contributed by atoms with van der Waals surface area (Å²) in [6.45, 7) is 8.31. The zero-order chi connectivity index (χ0) is 12.5. The summed E-state index contributed by atoms with van der Waals surface area (Å²) in [7, 11) is 0. The molecule has 17 heavy (non-hydrogen) atoms. The van der Waals surface area contributed by atoms with Crippen LogP contribution in [0.1, 0.15) is 52.9 Å². The molecule has 0 bridgehead atoms. The van der Waals surface area contributed by atoms with Gasteiger partial charge in [-0.05, 0) is 30.6 Å². The zero-order valence-corrected chi connectivity index (χ0v) is 11.5. The van der Waals surface area contributed by atoms with Crippen LogP contribution in [0.15, 0.2) is 0 Å². The van der Waals surface area contributed by atoms with Gasteiger partial charge in [0.25, 0.3) is 0 Å². The molecule has 0 radical (unpaired) electrons. The molecule has 3 nitrogen and oxygen atoms in total. The first kappa shape index (κ1) is 12.9. The zero-order valence-electron chi connectivity index (χ0n) is 11.5. The summed E-state index contributed by atoms with van der Waals surface area (Å²) in [6, 6.07) is 0.0671. The van der Waals surface area contributed by atoms with Crippen molar-refractivity contribution in [2.75, 3.05) is 13.2 Å². The topological polar surface area (TPSA) is 32.3 Å². The maximum Gasteiger partial charge on any atom is 0.241 e. The number of nitrogens with one attached hydrogen (secondary N) is 1. The Hall–Kier alpha value is -0.570. The van der Waals surface area contributed by atoms with Crippen LogP contribution in [0.5, 0.6) is 0 Å². The van der Waals surface area contributed by atoms with E-state index in [2.05, 4.69) is 31.0 Å². The van der Waals surface area contributed by atoms with Crippen LogP contribution in [-0.2, 0) is 4.79 Å². The first-order valence-electron chi connectivity index (χ1n) is 7.14. The van der Waals surface area contributed by atoms with Crippen LogP contribution < -0.4 is 5.32 Å². The monoisotopic (exact) mass is 238 g/mol. The molecule has 0 aromatic heterocycles. The summed E-state index contributed by atoms with van der Waals surface area (Å²) in [5, 5.41) is 3.38. The minimum atomic E-state index is 0.0671. The molecule has 2 rings (SSSR count). The van der Waals surface area contributed by atoms with Gasteiger partial charge in [0.2, 0.25) is 5.91 Å². The lowest BCUT2D eigenvalue weighted by molar-refractivity contribution is -0.130. The highest BCUT2D eigenvalue weighted by Crippen LogP contribution is 2.50. The van der Waals surface area contributed by atoms with Crippen LogP contribution in [0, 0.1) is 11.3 Å². The second-order valence-corrected chi connectivity index (χ2v) is 6.01. The molecule has 1 aliphatic carbocycles. The maximum absolute atomic E-state index is 12.3. The fourth-order valence-corrected chi connectivity index (χ4v) is 2.98. The molecule has 0 aromatic carbocycles. The van der Waals surface area contributed by atoms with E-state index in [0.29, 0.717) is 17.2 Å². The molecule has 2 aliphatic rings. The fraction of sp³-hybridized carbons (Fsp3) is 0.929. The molecule has 2 atom stereocenters. The first-order chi connectivity index (χ1) is 8.12. The maximum atomic E-state index is 12.3. The molecule has 2 unspecified atom stereocenters. The number of carbonyl (C=O) groups is 1. The summed E-state index contributed by atoms with van der Waals surface area (Å²) >= 11 is 0. The molecular weight excluding hydrogens is 212 g/mol. The number of hydrogen-bond donors (Lipinski definition) is 1. The molecule has 0 aromatic rings. The van der Waals surface area contributed by atoms with Gasteiger partial charge in [0.15, 0.2) is 0 Å². The van der Waals surface area contributed by atoms with Crippen molar-refractivity contribution in [2.45, 2.75) is 58.9 Å². The molecule has 1 amide bonds. The largest absolute Gasteiger partial charge is 0.328 e. The first-order valence-corrected chi connectivity index (χ1v) is 7.14. The van der Waals surface area contributed by atoms with Crippen LogP contribution in [0.3, 0.4) is 0 Å². The van der Waals surface area contributed by atoms with Gasteiger partial charge in [-0.3, -0.25) is 10.1 Å². The van der Waals surface area contributed by atoms with E-state index in [-0.39, 0.29) is 6.04 Å². The lowest BCUT2D eigenvalue weighted by Crippen LogP contribution is -2.37. The van der Waals surface area contributed by atoms with Gasteiger partial charge in [-0.15, -0.1) is 0 Å². The summed E-state index contributed by atoms with van der Waals surface area (Å²) in [5.41, 5.74) is 0.483. The van der Waals surface area contributed by atoms with Crippen molar-refractivity contribution < 1.29 is 4.79 Å². The molecular formula is C14H26N2O. The van der Waals surface area contributed by atoms with Crippen LogP contribution in [0.2, 0.25) is 0 Å². The number of rotatable bonds is 6. The summed E-state index contributed by atoms with van der Waals surface area (Å²) < 4.78 is 0. The van der Waals surface area contributed by atoms with E-state index in [4.69, 9.17) is 0 Å². The second-order valence-electron chi connectivity index (χ2n) is 6.01. The van der Waals surface area contributed by atoms with Crippen molar-refractivity contribution >= 4 is 5.91 Å². The molecule has 0 spiro atoms. The van der Waals surface area contributed by atoms with Crippen LogP contribution in [-0.4, -0.2) is 30.1 Å². The highest BCUT2D eigenvalue weighted by molar-refractivity contribution is 5.84. The fourth-order valence-electron chi connectivity index (χ4n) is 2.98. The van der Waals surface area contributed by atoms with Gasteiger partial charge in [-0.2, -0.15) is 0 Å². The van der Waals surface area contributed by atoms with Gasteiger partial charge >= 0.3 is 0 Å². The number of hydrogen-bond acceptors (Lipinski definition) is 2. The van der Waals surface area contributed by atoms with Crippen LogP contribution in [0.25, 0.3) is 0 Å². The average Bonchev–Trinajstić information content (AvgIpc) is 2.98. The molecule has 1 heterocycles. The quantitative estimate of drug-likeness (QED) is 0.770. The van der Waals surface area contributed by atoms with Crippen molar-refractivity contribution in [1.82, 2.24) is 10.2 Å². The van der Waals surface area contributed by atoms with Crippen molar-refractivity contribution in [3.63, 3.8) is 0 Å². The van der Waals surface area contributed by atoms with E-state index >= 15 is 0 Å². The number of amides is 1. The average molecular weight is 238 g/mol. The molecule has 1 aliphatic heterocycles. The second kappa shape index (κ2) is 4.97. The van der Waals surface area contributed by atoms with Crippen molar-refractivity contribution in [3.05, 3.63) is 0 Å². The highest BCUT2D eigenvalue weighted by Gasteiger charge is 2.46. The lowest BCUT2D eigenvalue weighted by atomic mass is 9.97. The van der Waals surface area contributed by atoms with Crippen molar-refractivity contribution in [3.8, 4) is 0 Å². The standard InChI is InChI=1S/C14H26N2O/c1-4-6-14(7-8-14)9-16-10-15-12(13(16)17)11(3)5-2/h11-12,15H,4-10H2,1-3H3. The summed E-state index contributed by atoms with van der Waals surface area (Å²) in [5.74, 6) is 0.788. The van der Waals surface area contributed by atoms with Gasteiger partial charge in [0.05, 0.1) is 12.7 Å². The Balaban J connectivity index is 1.90. The minimum absolute atomic E-state index is 0.0671. The smallest absolute Gasteiger partial charge is 0.241 e. The number of carbonyl (C=O) groups excluding carboxylic acids is 1. The van der Waals surface area contributed by atoms with E-state index < -0.39 is 0 Å². The third kappa shape index (κ3) is 2.65. The molecule has 3 heteroatoms. The lowest BCUT2D eigenvalue weighted by Gasteiger charge is -2.23. The third-order valence-corrected chi connectivity index (χ3v) is 4.56. The predicted molar refractivity (Wildman–Crippen MR) is 69.5 cm³/mol. The van der Waals surface area contributed by atoms with Gasteiger partial charge in [0, 0.05) is 6.54 Å². The Morgan fingerprint density at radius 3 is 2.71 bits per heavy atom. The van der Waals surface area contributed by atoms with E-state index in [9.17, 15) is 4.79 Å². The summed E-state index contributed by atoms with van der Waals surface area (Å²) in [6.07, 6.45) is 6.23. The van der Waals surface area contributed by atoms with Gasteiger partial charge < -0.3 is 4.90 Å². The Bertz CT molecular complexity index is 286. The van der Waals surface area contributed by atoms with Gasteiger partial charge in [-0.25, -0.2) is 0 Å². The SMILES string of the molecule is CCCC1(CN2CNC(C(C)CC)C2=O)CC1. The van der Waals surface area contributed by atoms with Crippen molar-refractivity contribution in [2.24, 2.45) is 11.3 Å². The van der Waals surface area contributed by atoms with E-state index in [1.54, 1.807) is 0 Å². The minimum Gasteiger partial charge on any atom is -0.328 e. The highest BCUT2D eigenvalue weighted by atomic mass is 16.2. The predicted octanol–water partition coefficient (Wildman–Crippen LogP) is 2.37. The Morgan fingerprint density at radius 1 is 1.47 bits per heavy atom. The van der Waals surface area contributed by atoms with E-state index in [1.807, 2.05) is 0 Å². The van der Waals surface area contributed by atoms with Crippen molar-refractivity contribution in [1.29, 1.82) is 0 Å². The van der Waals surface area contributed by atoms with Gasteiger partial charge in [-0.1, -0.05) is 33.6 Å². The van der Waals surface area contributed by atoms with Gasteiger partial charge in [0.1, 0.15) is 0 Å². The number of nitrogens with zero attached hydrogens (tertiary/aromatic N) is 1. The molecule has 1 saturated heterocycles. The molecule has 98 valence electrons. The van der Waals surface area contributed by atoms with E-state index in [1.165, 1.54) is 25.7 Å². The van der Waals surface area contributed by atoms with Crippen LogP contribution in [0.4, 0.5) is 0 Å². The Kier molecular flexibility index (Phi) is 3.76. The van der Waals surface area contributed by atoms with E-state index in [0.717, 1.165) is 19.6 Å². The van der Waals surface area contributed by atoms with Crippen LogP contribution >= 0.6 is 0 Å².